The van der Waals surface area contributed by atoms with Crippen LogP contribution in [-0.2, 0) is 14.4 Å². The Kier molecular flexibility index (Phi) is 6.32. The number of carboxylic acids is 1. The molecule has 1 aromatic carbocycles. The van der Waals surface area contributed by atoms with Crippen molar-refractivity contribution < 1.29 is 29.0 Å². The van der Waals surface area contributed by atoms with Crippen molar-refractivity contribution in [2.45, 2.75) is 39.2 Å². The molecule has 0 aromatic heterocycles. The SMILES string of the molecule is CCCC(=O)c1ccc2c(c1)N(CC(=O)NCCC(=O)O)C(=O)C(C)O2. The number of rotatable bonds is 8. The molecule has 0 spiro atoms. The first-order valence-electron chi connectivity index (χ1n) is 8.47. The van der Waals surface area contributed by atoms with Crippen molar-refractivity contribution >= 4 is 29.3 Å². The zero-order valence-corrected chi connectivity index (χ0v) is 14.8. The molecule has 0 saturated carbocycles. The van der Waals surface area contributed by atoms with Crippen LogP contribution in [0.4, 0.5) is 5.69 Å². The van der Waals surface area contributed by atoms with Crippen LogP contribution < -0.4 is 15.0 Å². The molecule has 1 heterocycles. The molecule has 1 aliphatic heterocycles. The highest BCUT2D eigenvalue weighted by molar-refractivity contribution is 6.05. The van der Waals surface area contributed by atoms with Gasteiger partial charge < -0.3 is 15.2 Å². The van der Waals surface area contributed by atoms with Crippen LogP contribution >= 0.6 is 0 Å². The van der Waals surface area contributed by atoms with Crippen LogP contribution in [0.2, 0.25) is 0 Å². The maximum absolute atomic E-state index is 12.5. The number of ketones is 1. The smallest absolute Gasteiger partial charge is 0.305 e. The number of hydrogen-bond acceptors (Lipinski definition) is 5. The van der Waals surface area contributed by atoms with Gasteiger partial charge in [-0.2, -0.15) is 0 Å². The van der Waals surface area contributed by atoms with Crippen molar-refractivity contribution in [3.63, 3.8) is 0 Å². The Bertz CT molecular complexity index is 730. The number of nitrogens with one attached hydrogen (secondary N) is 1. The predicted octanol–water partition coefficient (Wildman–Crippen LogP) is 1.37. The lowest BCUT2D eigenvalue weighted by atomic mass is 10.0. The molecule has 1 atom stereocenters. The number of carbonyl (C=O) groups excluding carboxylic acids is 3. The maximum atomic E-state index is 12.5. The normalized spacial score (nSPS) is 15.8. The summed E-state index contributed by atoms with van der Waals surface area (Å²) >= 11 is 0. The van der Waals surface area contributed by atoms with Crippen LogP contribution in [-0.4, -0.2) is 47.9 Å². The molecule has 0 saturated heterocycles. The van der Waals surface area contributed by atoms with Crippen molar-refractivity contribution in [3.05, 3.63) is 23.8 Å². The monoisotopic (exact) mass is 362 g/mol. The van der Waals surface area contributed by atoms with Gasteiger partial charge in [0, 0.05) is 18.5 Å². The number of hydrogen-bond donors (Lipinski definition) is 2. The molecule has 0 aliphatic carbocycles. The van der Waals surface area contributed by atoms with Crippen molar-refractivity contribution in [2.75, 3.05) is 18.0 Å². The van der Waals surface area contributed by atoms with E-state index in [0.717, 1.165) is 0 Å². The average molecular weight is 362 g/mol. The minimum absolute atomic E-state index is 0.0237. The zero-order valence-electron chi connectivity index (χ0n) is 14.8. The summed E-state index contributed by atoms with van der Waals surface area (Å²) in [6.45, 7) is 3.18. The van der Waals surface area contributed by atoms with E-state index in [1.54, 1.807) is 25.1 Å². The average Bonchev–Trinajstić information content (AvgIpc) is 2.58. The van der Waals surface area contributed by atoms with Gasteiger partial charge in [-0.25, -0.2) is 0 Å². The van der Waals surface area contributed by atoms with E-state index in [1.165, 1.54) is 4.90 Å². The number of nitrogens with zero attached hydrogens (tertiary/aromatic N) is 1. The van der Waals surface area contributed by atoms with Gasteiger partial charge in [0.2, 0.25) is 5.91 Å². The third-order valence-corrected chi connectivity index (χ3v) is 3.93. The number of anilines is 1. The number of carbonyl (C=O) groups is 4. The fraction of sp³-hybridized carbons (Fsp3) is 0.444. The Balaban J connectivity index is 2.21. The molecular weight excluding hydrogens is 340 g/mol. The van der Waals surface area contributed by atoms with E-state index >= 15 is 0 Å². The van der Waals surface area contributed by atoms with Gasteiger partial charge in [-0.1, -0.05) is 6.92 Å². The van der Waals surface area contributed by atoms with E-state index in [9.17, 15) is 19.2 Å². The summed E-state index contributed by atoms with van der Waals surface area (Å²) < 4.78 is 5.55. The third kappa shape index (κ3) is 4.59. The third-order valence-electron chi connectivity index (χ3n) is 3.93. The van der Waals surface area contributed by atoms with Crippen LogP contribution in [0.3, 0.4) is 0 Å². The molecule has 8 heteroatoms. The first-order chi connectivity index (χ1) is 12.3. The van der Waals surface area contributed by atoms with Crippen LogP contribution in [0.15, 0.2) is 18.2 Å². The molecule has 8 nitrogen and oxygen atoms in total. The Labute approximate surface area is 151 Å². The van der Waals surface area contributed by atoms with Crippen molar-refractivity contribution in [2.24, 2.45) is 0 Å². The fourth-order valence-electron chi connectivity index (χ4n) is 2.62. The second-order valence-electron chi connectivity index (χ2n) is 6.03. The fourth-order valence-corrected chi connectivity index (χ4v) is 2.62. The minimum atomic E-state index is -1.02. The predicted molar refractivity (Wildman–Crippen MR) is 93.4 cm³/mol. The van der Waals surface area contributed by atoms with Gasteiger partial charge in [-0.05, 0) is 31.5 Å². The summed E-state index contributed by atoms with van der Waals surface area (Å²) in [6.07, 6.45) is 0.134. The molecule has 1 aromatic rings. The summed E-state index contributed by atoms with van der Waals surface area (Å²) in [4.78, 5) is 48.4. The molecule has 0 fully saturated rings. The molecule has 2 N–H and O–H groups in total. The van der Waals surface area contributed by atoms with E-state index < -0.39 is 23.9 Å². The van der Waals surface area contributed by atoms with Crippen molar-refractivity contribution in [1.82, 2.24) is 5.32 Å². The van der Waals surface area contributed by atoms with E-state index in [4.69, 9.17) is 9.84 Å². The number of Topliss-reactive ketones (excluding diaryl/α,β-unsaturated/α-hetero) is 1. The lowest BCUT2D eigenvalue weighted by Gasteiger charge is -2.32. The largest absolute Gasteiger partial charge is 0.481 e. The van der Waals surface area contributed by atoms with Crippen molar-refractivity contribution in [1.29, 1.82) is 0 Å². The quantitative estimate of drug-likeness (QED) is 0.676. The maximum Gasteiger partial charge on any atom is 0.305 e. The summed E-state index contributed by atoms with van der Waals surface area (Å²) in [5.74, 6) is -1.53. The second-order valence-corrected chi connectivity index (χ2v) is 6.03. The van der Waals surface area contributed by atoms with Gasteiger partial charge in [0.15, 0.2) is 11.9 Å². The topological polar surface area (TPSA) is 113 Å². The van der Waals surface area contributed by atoms with Crippen molar-refractivity contribution in [3.8, 4) is 5.75 Å². The molecule has 2 rings (SSSR count). The Hall–Kier alpha value is -2.90. The first-order valence-corrected chi connectivity index (χ1v) is 8.47. The summed E-state index contributed by atoms with van der Waals surface area (Å²) in [6, 6.07) is 4.82. The molecule has 26 heavy (non-hydrogen) atoms. The molecular formula is C18H22N2O6. The summed E-state index contributed by atoms with van der Waals surface area (Å²) in [5, 5.41) is 11.1. The van der Waals surface area contributed by atoms with Gasteiger partial charge in [-0.15, -0.1) is 0 Å². The number of ether oxygens (including phenoxy) is 1. The highest BCUT2D eigenvalue weighted by Crippen LogP contribution is 2.35. The highest BCUT2D eigenvalue weighted by atomic mass is 16.5. The number of amides is 2. The first kappa shape index (κ1) is 19.4. The van der Waals surface area contributed by atoms with E-state index in [0.29, 0.717) is 29.8 Å². The number of fused-ring (bicyclic) bond motifs is 1. The Morgan fingerprint density at radius 1 is 1.27 bits per heavy atom. The van der Waals surface area contributed by atoms with Gasteiger partial charge in [-0.3, -0.25) is 24.1 Å². The zero-order chi connectivity index (χ0) is 19.3. The lowest BCUT2D eigenvalue weighted by molar-refractivity contribution is -0.137. The minimum Gasteiger partial charge on any atom is -0.481 e. The molecule has 0 radical (unpaired) electrons. The Morgan fingerprint density at radius 3 is 2.65 bits per heavy atom. The van der Waals surface area contributed by atoms with Gasteiger partial charge in [0.25, 0.3) is 5.91 Å². The Morgan fingerprint density at radius 2 is 2.00 bits per heavy atom. The molecule has 1 aliphatic rings. The van der Waals surface area contributed by atoms with Crippen LogP contribution in [0.1, 0.15) is 43.5 Å². The van der Waals surface area contributed by atoms with Crippen LogP contribution in [0, 0.1) is 0 Å². The van der Waals surface area contributed by atoms with Gasteiger partial charge in [0.05, 0.1) is 12.1 Å². The number of benzene rings is 1. The molecule has 140 valence electrons. The second kappa shape index (κ2) is 8.46. The molecule has 2 amide bonds. The summed E-state index contributed by atoms with van der Waals surface area (Å²) in [7, 11) is 0. The van der Waals surface area contributed by atoms with E-state index in [1.807, 2.05) is 6.92 Å². The lowest BCUT2D eigenvalue weighted by Crippen LogP contribution is -2.49. The number of carboxylic acid groups (broad SMARTS) is 1. The van der Waals surface area contributed by atoms with E-state index in [2.05, 4.69) is 5.32 Å². The van der Waals surface area contributed by atoms with Gasteiger partial charge >= 0.3 is 5.97 Å². The highest BCUT2D eigenvalue weighted by Gasteiger charge is 2.33. The van der Waals surface area contributed by atoms with Crippen LogP contribution in [0.5, 0.6) is 5.75 Å². The van der Waals surface area contributed by atoms with E-state index in [-0.39, 0.29) is 25.3 Å². The molecule has 0 bridgehead atoms. The molecule has 1 unspecified atom stereocenters. The van der Waals surface area contributed by atoms with Gasteiger partial charge in [0.1, 0.15) is 12.3 Å². The number of aliphatic carboxylic acids is 1. The standard InChI is InChI=1S/C18H22N2O6/c1-3-4-14(21)12-5-6-15-13(9-12)20(18(25)11(2)26-15)10-16(22)19-8-7-17(23)24/h5-6,9,11H,3-4,7-8,10H2,1-2H3,(H,19,22)(H,23,24). The summed E-state index contributed by atoms with van der Waals surface area (Å²) in [5.41, 5.74) is 0.816. The van der Waals surface area contributed by atoms with Crippen LogP contribution in [0.25, 0.3) is 0 Å².